The fourth-order valence-electron chi connectivity index (χ4n) is 3.60. The summed E-state index contributed by atoms with van der Waals surface area (Å²) >= 11 is 0. The third kappa shape index (κ3) is 5.52. The number of hydrogen-bond donors (Lipinski definition) is 2. The topological polar surface area (TPSA) is 52.6 Å². The molecule has 2 amide bonds. The van der Waals surface area contributed by atoms with Crippen LogP contribution in [0.15, 0.2) is 24.3 Å². The first-order chi connectivity index (χ1) is 11.3. The Kier molecular flexibility index (Phi) is 6.27. The zero-order valence-corrected chi connectivity index (χ0v) is 15.5. The number of urea groups is 1. The van der Waals surface area contributed by atoms with Crippen LogP contribution in [0, 0.1) is 12.3 Å². The zero-order valence-electron chi connectivity index (χ0n) is 15.5. The van der Waals surface area contributed by atoms with E-state index in [1.165, 1.54) is 11.1 Å². The van der Waals surface area contributed by atoms with Crippen molar-refractivity contribution in [3.8, 4) is 0 Å². The lowest BCUT2D eigenvalue weighted by atomic mass is 9.87. The Labute approximate surface area is 146 Å². The van der Waals surface area contributed by atoms with Crippen molar-refractivity contribution < 1.29 is 9.90 Å². The van der Waals surface area contributed by atoms with Crippen LogP contribution in [0.2, 0.25) is 0 Å². The molecule has 2 rings (SSSR count). The highest BCUT2D eigenvalue weighted by molar-refractivity contribution is 5.75. The Morgan fingerprint density at radius 2 is 2.04 bits per heavy atom. The Morgan fingerprint density at radius 3 is 2.67 bits per heavy atom. The summed E-state index contributed by atoms with van der Waals surface area (Å²) in [6, 6.07) is 8.90. The molecule has 4 nitrogen and oxygen atoms in total. The fraction of sp³-hybridized carbons (Fsp3) is 0.650. The summed E-state index contributed by atoms with van der Waals surface area (Å²) in [5, 5.41) is 12.6. The lowest BCUT2D eigenvalue weighted by Gasteiger charge is -2.30. The molecule has 2 N–H and O–H groups in total. The molecule has 2 atom stereocenters. The second-order valence-corrected chi connectivity index (χ2v) is 8.06. The highest BCUT2D eigenvalue weighted by atomic mass is 16.3. The van der Waals surface area contributed by atoms with Crippen LogP contribution >= 0.6 is 0 Å². The lowest BCUT2D eigenvalue weighted by Crippen LogP contribution is -2.46. The summed E-state index contributed by atoms with van der Waals surface area (Å²) in [5.74, 6) is 0. The third-order valence-corrected chi connectivity index (χ3v) is 4.80. The molecule has 2 unspecified atom stereocenters. The summed E-state index contributed by atoms with van der Waals surface area (Å²) in [7, 11) is 0. The van der Waals surface area contributed by atoms with Crippen LogP contribution in [-0.2, 0) is 6.42 Å². The summed E-state index contributed by atoms with van der Waals surface area (Å²) in [6.07, 6.45) is 3.39. The van der Waals surface area contributed by atoms with Crippen molar-refractivity contribution >= 4 is 6.03 Å². The van der Waals surface area contributed by atoms with Crippen LogP contribution in [0.1, 0.15) is 51.2 Å². The Hall–Kier alpha value is -1.55. The predicted molar refractivity (Wildman–Crippen MR) is 98.1 cm³/mol. The van der Waals surface area contributed by atoms with Crippen LogP contribution in [0.4, 0.5) is 4.79 Å². The van der Waals surface area contributed by atoms with Gasteiger partial charge in [0, 0.05) is 19.1 Å². The molecule has 1 fully saturated rings. The average Bonchev–Trinajstić information content (AvgIpc) is 2.94. The number of carbonyl (C=O) groups excluding carboxylic acids is 1. The van der Waals surface area contributed by atoms with Crippen molar-refractivity contribution in [3.05, 3.63) is 35.4 Å². The Morgan fingerprint density at radius 1 is 1.38 bits per heavy atom. The van der Waals surface area contributed by atoms with Gasteiger partial charge in [-0.05, 0) is 50.5 Å². The lowest BCUT2D eigenvalue weighted by molar-refractivity contribution is 0.126. The van der Waals surface area contributed by atoms with Gasteiger partial charge in [0.15, 0.2) is 0 Å². The number of carbonyl (C=O) groups is 1. The van der Waals surface area contributed by atoms with E-state index in [0.29, 0.717) is 13.0 Å². The first-order valence-corrected chi connectivity index (χ1v) is 9.05. The molecule has 0 spiro atoms. The van der Waals surface area contributed by atoms with Crippen molar-refractivity contribution in [3.63, 3.8) is 0 Å². The number of nitrogens with zero attached hydrogens (tertiary/aromatic N) is 1. The van der Waals surface area contributed by atoms with Crippen molar-refractivity contribution in [2.75, 3.05) is 13.1 Å². The molecule has 134 valence electrons. The number of rotatable bonds is 6. The summed E-state index contributed by atoms with van der Waals surface area (Å²) in [4.78, 5) is 14.6. The molecule has 0 aliphatic carbocycles. The second-order valence-electron chi connectivity index (χ2n) is 8.06. The van der Waals surface area contributed by atoms with Gasteiger partial charge in [0.1, 0.15) is 0 Å². The van der Waals surface area contributed by atoms with Gasteiger partial charge >= 0.3 is 6.03 Å². The van der Waals surface area contributed by atoms with E-state index in [9.17, 15) is 9.90 Å². The minimum Gasteiger partial charge on any atom is -0.393 e. The highest BCUT2D eigenvalue weighted by Gasteiger charge is 2.30. The standard InChI is InChI=1S/C20H32N2O2/c1-15-7-9-17(10-8-15)12-18-6-5-11-22(18)19(24)21-14-20(3,4)13-16(2)23/h7-10,16,18,23H,5-6,11-14H2,1-4H3,(H,21,24). The van der Waals surface area contributed by atoms with Gasteiger partial charge in [0.05, 0.1) is 6.10 Å². The van der Waals surface area contributed by atoms with E-state index >= 15 is 0 Å². The van der Waals surface area contributed by atoms with Crippen LogP contribution in [0.3, 0.4) is 0 Å². The van der Waals surface area contributed by atoms with Gasteiger partial charge in [-0.15, -0.1) is 0 Å². The molecule has 1 saturated heterocycles. The van der Waals surface area contributed by atoms with Crippen molar-refractivity contribution in [2.45, 2.75) is 65.5 Å². The third-order valence-electron chi connectivity index (χ3n) is 4.80. The molecule has 1 aliphatic heterocycles. The van der Waals surface area contributed by atoms with Gasteiger partial charge in [-0.3, -0.25) is 0 Å². The minimum absolute atomic E-state index is 0.0308. The molecule has 1 aliphatic rings. The summed E-state index contributed by atoms with van der Waals surface area (Å²) < 4.78 is 0. The number of nitrogens with one attached hydrogen (secondary N) is 1. The van der Waals surface area contributed by atoms with Crippen LogP contribution in [0.5, 0.6) is 0 Å². The monoisotopic (exact) mass is 332 g/mol. The summed E-state index contributed by atoms with van der Waals surface area (Å²) in [5.41, 5.74) is 2.45. The maximum atomic E-state index is 12.6. The van der Waals surface area contributed by atoms with E-state index < -0.39 is 0 Å². The molecule has 1 aromatic rings. The number of benzene rings is 1. The number of aliphatic hydroxyl groups excluding tert-OH is 1. The van der Waals surface area contributed by atoms with Crippen molar-refractivity contribution in [2.24, 2.45) is 5.41 Å². The normalized spacial score (nSPS) is 19.4. The van der Waals surface area contributed by atoms with E-state index in [-0.39, 0.29) is 23.6 Å². The molecule has 0 radical (unpaired) electrons. The van der Waals surface area contributed by atoms with Gasteiger partial charge in [0.25, 0.3) is 0 Å². The zero-order chi connectivity index (χ0) is 17.7. The van der Waals surface area contributed by atoms with Gasteiger partial charge in [-0.2, -0.15) is 0 Å². The number of hydrogen-bond acceptors (Lipinski definition) is 2. The second kappa shape index (κ2) is 8.02. The number of aliphatic hydroxyl groups is 1. The fourth-order valence-corrected chi connectivity index (χ4v) is 3.60. The summed E-state index contributed by atoms with van der Waals surface area (Å²) in [6.45, 7) is 9.46. The van der Waals surface area contributed by atoms with E-state index in [4.69, 9.17) is 0 Å². The number of amides is 2. The van der Waals surface area contributed by atoms with Gasteiger partial charge < -0.3 is 15.3 Å². The van der Waals surface area contributed by atoms with Crippen LogP contribution in [-0.4, -0.2) is 41.3 Å². The molecule has 24 heavy (non-hydrogen) atoms. The van der Waals surface area contributed by atoms with Crippen LogP contribution in [0.25, 0.3) is 0 Å². The first-order valence-electron chi connectivity index (χ1n) is 9.05. The Balaban J connectivity index is 1.89. The molecule has 1 heterocycles. The molecule has 4 heteroatoms. The molecule has 0 saturated carbocycles. The number of likely N-dealkylation sites (tertiary alicyclic amines) is 1. The first kappa shape index (κ1) is 18.8. The maximum Gasteiger partial charge on any atom is 0.317 e. The van der Waals surface area contributed by atoms with Gasteiger partial charge in [-0.25, -0.2) is 4.79 Å². The molecule has 0 aromatic heterocycles. The van der Waals surface area contributed by atoms with E-state index in [2.05, 4.69) is 50.4 Å². The van der Waals surface area contributed by atoms with Crippen molar-refractivity contribution in [1.82, 2.24) is 10.2 Å². The SMILES string of the molecule is Cc1ccc(CC2CCCN2C(=O)NCC(C)(C)CC(C)O)cc1. The maximum absolute atomic E-state index is 12.6. The van der Waals surface area contributed by atoms with Crippen molar-refractivity contribution in [1.29, 1.82) is 0 Å². The Bertz CT molecular complexity index is 537. The van der Waals surface area contributed by atoms with E-state index in [1.54, 1.807) is 6.92 Å². The largest absolute Gasteiger partial charge is 0.393 e. The van der Waals surface area contributed by atoms with E-state index in [1.807, 2.05) is 4.90 Å². The van der Waals surface area contributed by atoms with Gasteiger partial charge in [0.2, 0.25) is 0 Å². The van der Waals surface area contributed by atoms with Gasteiger partial charge in [-0.1, -0.05) is 43.7 Å². The van der Waals surface area contributed by atoms with E-state index in [0.717, 1.165) is 25.8 Å². The highest BCUT2D eigenvalue weighted by Crippen LogP contribution is 2.24. The quantitative estimate of drug-likeness (QED) is 0.837. The molecular formula is C20H32N2O2. The molecular weight excluding hydrogens is 300 g/mol. The average molecular weight is 332 g/mol. The van der Waals surface area contributed by atoms with Crippen LogP contribution < -0.4 is 5.32 Å². The predicted octanol–water partition coefficient (Wildman–Crippen LogP) is 3.51. The number of aryl methyl sites for hydroxylation is 1. The molecule has 1 aromatic carbocycles. The minimum atomic E-state index is -0.349. The smallest absolute Gasteiger partial charge is 0.317 e. The molecule has 0 bridgehead atoms.